The van der Waals surface area contributed by atoms with Gasteiger partial charge in [-0.3, -0.25) is 4.79 Å². The third-order valence-corrected chi connectivity index (χ3v) is 2.26. The van der Waals surface area contributed by atoms with Gasteiger partial charge in [0.2, 0.25) is 5.91 Å². The molecule has 84 valence electrons. The third kappa shape index (κ3) is 4.16. The standard InChI is InChI=1S/C12H20N2O/c1-5-7-11(9-13)12(15)14(8-6-2)10(3)4/h6,10-11H,2,5,7-8H2,1,3-4H3. The fraction of sp³-hybridized carbons (Fsp3) is 0.667. The summed E-state index contributed by atoms with van der Waals surface area (Å²) < 4.78 is 0. The highest BCUT2D eigenvalue weighted by Crippen LogP contribution is 2.12. The molecule has 0 bridgehead atoms. The van der Waals surface area contributed by atoms with Gasteiger partial charge in [0.05, 0.1) is 6.07 Å². The number of hydrogen-bond donors (Lipinski definition) is 0. The number of amides is 1. The van der Waals surface area contributed by atoms with Gasteiger partial charge in [-0.05, 0) is 20.3 Å². The molecule has 0 rings (SSSR count). The van der Waals surface area contributed by atoms with E-state index >= 15 is 0 Å². The minimum absolute atomic E-state index is 0.0748. The largest absolute Gasteiger partial charge is 0.335 e. The van der Waals surface area contributed by atoms with Crippen LogP contribution in [0.4, 0.5) is 0 Å². The first-order valence-corrected chi connectivity index (χ1v) is 5.39. The van der Waals surface area contributed by atoms with Crippen molar-refractivity contribution in [3.63, 3.8) is 0 Å². The predicted molar refractivity (Wildman–Crippen MR) is 61.1 cm³/mol. The van der Waals surface area contributed by atoms with Gasteiger partial charge >= 0.3 is 0 Å². The molecule has 0 aromatic heterocycles. The average Bonchev–Trinajstić information content (AvgIpc) is 2.21. The van der Waals surface area contributed by atoms with Crippen molar-refractivity contribution >= 4 is 5.91 Å². The quantitative estimate of drug-likeness (QED) is 0.629. The Bertz CT molecular complexity index is 253. The lowest BCUT2D eigenvalue weighted by Gasteiger charge is -2.27. The van der Waals surface area contributed by atoms with E-state index in [1.165, 1.54) is 0 Å². The van der Waals surface area contributed by atoms with Crippen LogP contribution in [-0.2, 0) is 4.79 Å². The van der Waals surface area contributed by atoms with E-state index in [0.717, 1.165) is 6.42 Å². The molecule has 0 heterocycles. The third-order valence-electron chi connectivity index (χ3n) is 2.26. The van der Waals surface area contributed by atoms with Crippen molar-refractivity contribution in [2.45, 2.75) is 39.7 Å². The fourth-order valence-corrected chi connectivity index (χ4v) is 1.43. The van der Waals surface area contributed by atoms with E-state index in [9.17, 15) is 4.79 Å². The first-order valence-electron chi connectivity index (χ1n) is 5.39. The van der Waals surface area contributed by atoms with Crippen LogP contribution >= 0.6 is 0 Å². The van der Waals surface area contributed by atoms with Crippen molar-refractivity contribution < 1.29 is 4.79 Å². The van der Waals surface area contributed by atoms with E-state index in [-0.39, 0.29) is 11.9 Å². The molecule has 0 aliphatic carbocycles. The fourth-order valence-electron chi connectivity index (χ4n) is 1.43. The Hall–Kier alpha value is -1.30. The summed E-state index contributed by atoms with van der Waals surface area (Å²) in [6, 6.07) is 2.19. The molecule has 1 amide bonds. The van der Waals surface area contributed by atoms with Gasteiger partial charge in [-0.15, -0.1) is 6.58 Å². The van der Waals surface area contributed by atoms with Crippen molar-refractivity contribution in [3.8, 4) is 6.07 Å². The second-order valence-electron chi connectivity index (χ2n) is 3.84. The van der Waals surface area contributed by atoms with Crippen molar-refractivity contribution in [2.75, 3.05) is 6.54 Å². The van der Waals surface area contributed by atoms with Crippen LogP contribution < -0.4 is 0 Å². The maximum Gasteiger partial charge on any atom is 0.240 e. The topological polar surface area (TPSA) is 44.1 Å². The van der Waals surface area contributed by atoms with Crippen LogP contribution in [-0.4, -0.2) is 23.4 Å². The van der Waals surface area contributed by atoms with Gasteiger partial charge in [0.15, 0.2) is 0 Å². The first kappa shape index (κ1) is 13.7. The summed E-state index contributed by atoms with van der Waals surface area (Å²) in [5.41, 5.74) is 0. The zero-order chi connectivity index (χ0) is 11.8. The normalized spacial score (nSPS) is 11.9. The molecule has 1 atom stereocenters. The van der Waals surface area contributed by atoms with Gasteiger partial charge in [-0.1, -0.05) is 19.4 Å². The summed E-state index contributed by atoms with van der Waals surface area (Å²) in [7, 11) is 0. The monoisotopic (exact) mass is 208 g/mol. The minimum Gasteiger partial charge on any atom is -0.335 e. The molecule has 15 heavy (non-hydrogen) atoms. The van der Waals surface area contributed by atoms with Gasteiger partial charge in [-0.2, -0.15) is 5.26 Å². The highest BCUT2D eigenvalue weighted by atomic mass is 16.2. The highest BCUT2D eigenvalue weighted by Gasteiger charge is 2.24. The number of carbonyl (C=O) groups is 1. The van der Waals surface area contributed by atoms with Crippen LogP contribution in [0.25, 0.3) is 0 Å². The molecular weight excluding hydrogens is 188 g/mol. The molecule has 0 fully saturated rings. The maximum atomic E-state index is 12.0. The Kier molecular flexibility index (Phi) is 6.44. The Morgan fingerprint density at radius 1 is 1.60 bits per heavy atom. The molecule has 0 saturated carbocycles. The van der Waals surface area contributed by atoms with Gasteiger partial charge in [-0.25, -0.2) is 0 Å². The number of nitrogens with zero attached hydrogens (tertiary/aromatic N) is 2. The zero-order valence-electron chi connectivity index (χ0n) is 9.86. The smallest absolute Gasteiger partial charge is 0.240 e. The average molecular weight is 208 g/mol. The van der Waals surface area contributed by atoms with Gasteiger partial charge in [0, 0.05) is 12.6 Å². The summed E-state index contributed by atoms with van der Waals surface area (Å²) in [5, 5.41) is 8.90. The highest BCUT2D eigenvalue weighted by molar-refractivity contribution is 5.81. The van der Waals surface area contributed by atoms with Crippen molar-refractivity contribution in [1.29, 1.82) is 5.26 Å². The zero-order valence-corrected chi connectivity index (χ0v) is 9.86. The van der Waals surface area contributed by atoms with E-state index in [0.29, 0.717) is 13.0 Å². The van der Waals surface area contributed by atoms with E-state index in [1.54, 1.807) is 11.0 Å². The van der Waals surface area contributed by atoms with Crippen molar-refractivity contribution in [1.82, 2.24) is 4.90 Å². The van der Waals surface area contributed by atoms with Crippen LogP contribution in [0.5, 0.6) is 0 Å². The number of carbonyl (C=O) groups excluding carboxylic acids is 1. The molecule has 3 heteroatoms. The molecule has 0 aromatic rings. The first-order chi connectivity index (χ1) is 7.08. The second-order valence-corrected chi connectivity index (χ2v) is 3.84. The number of rotatable bonds is 6. The summed E-state index contributed by atoms with van der Waals surface area (Å²) in [6.45, 7) is 10.0. The lowest BCUT2D eigenvalue weighted by molar-refractivity contribution is -0.135. The van der Waals surface area contributed by atoms with Gasteiger partial charge < -0.3 is 4.90 Å². The molecule has 0 N–H and O–H groups in total. The number of nitriles is 1. The van der Waals surface area contributed by atoms with Crippen molar-refractivity contribution in [3.05, 3.63) is 12.7 Å². The van der Waals surface area contributed by atoms with E-state index in [1.807, 2.05) is 20.8 Å². The molecular formula is C12H20N2O. The Morgan fingerprint density at radius 2 is 2.20 bits per heavy atom. The summed E-state index contributed by atoms with van der Waals surface area (Å²) in [6.07, 6.45) is 3.18. The molecule has 0 spiro atoms. The second kappa shape index (κ2) is 7.05. The Balaban J connectivity index is 4.60. The SMILES string of the molecule is C=CCN(C(=O)C(C#N)CCC)C(C)C. The summed E-state index contributed by atoms with van der Waals surface area (Å²) >= 11 is 0. The van der Waals surface area contributed by atoms with Gasteiger partial charge in [0.25, 0.3) is 0 Å². The Labute approximate surface area is 92.4 Å². The van der Waals surface area contributed by atoms with E-state index < -0.39 is 5.92 Å². The molecule has 0 aliphatic rings. The van der Waals surface area contributed by atoms with Crippen LogP contribution in [0, 0.1) is 17.2 Å². The molecule has 0 aliphatic heterocycles. The lowest BCUT2D eigenvalue weighted by atomic mass is 10.0. The molecule has 3 nitrogen and oxygen atoms in total. The minimum atomic E-state index is -0.502. The molecule has 1 unspecified atom stereocenters. The van der Waals surface area contributed by atoms with Gasteiger partial charge in [0.1, 0.15) is 5.92 Å². The molecule has 0 saturated heterocycles. The number of hydrogen-bond acceptors (Lipinski definition) is 2. The predicted octanol–water partition coefficient (Wildman–Crippen LogP) is 2.35. The van der Waals surface area contributed by atoms with Crippen LogP contribution in [0.15, 0.2) is 12.7 Å². The molecule has 0 aromatic carbocycles. The lowest BCUT2D eigenvalue weighted by Crippen LogP contribution is -2.40. The van der Waals surface area contributed by atoms with E-state index in [2.05, 4.69) is 12.6 Å². The van der Waals surface area contributed by atoms with Crippen LogP contribution in [0.3, 0.4) is 0 Å². The maximum absolute atomic E-state index is 12.0. The Morgan fingerprint density at radius 3 is 2.53 bits per heavy atom. The summed E-state index contributed by atoms with van der Waals surface area (Å²) in [4.78, 5) is 13.6. The molecule has 0 radical (unpaired) electrons. The van der Waals surface area contributed by atoms with E-state index in [4.69, 9.17) is 5.26 Å². The van der Waals surface area contributed by atoms with Crippen LogP contribution in [0.1, 0.15) is 33.6 Å². The van der Waals surface area contributed by atoms with Crippen LogP contribution in [0.2, 0.25) is 0 Å². The summed E-state index contributed by atoms with van der Waals surface area (Å²) in [5.74, 6) is -0.577. The van der Waals surface area contributed by atoms with Crippen molar-refractivity contribution in [2.24, 2.45) is 5.92 Å².